The smallest absolute Gasteiger partial charge is 0.260 e. The molecule has 75 heavy (non-hydrogen) atoms. The van der Waals surface area contributed by atoms with Crippen LogP contribution in [0.15, 0.2) is 243 Å². The van der Waals surface area contributed by atoms with Crippen molar-refractivity contribution in [3.05, 3.63) is 248 Å². The molecule has 0 spiro atoms. The number of hydrogen-bond acceptors (Lipinski definition) is 3. The number of nitriles is 1. The van der Waals surface area contributed by atoms with Crippen LogP contribution in [0.5, 0.6) is 23.0 Å². The maximum absolute atomic E-state index is 10.8. The summed E-state index contributed by atoms with van der Waals surface area (Å²) >= 11 is 0. The standard InChI is InChI=1S/C69H40BN3O2/c71-41-42-34-44(36-46(35-42)68-55-24-6-4-22-53(55)67(43-16-2-1-3-17-43)54-23-5-7-25-56(54)68)45-37-65-69-66(38-45)75-64-40-48(73-61-28-14-10-20-51(61)52-21-11-15-29-62(52)73)31-33-58(64)70(69)57-32-30-47(39-63(57)74-65)72-59-26-12-8-18-49(59)50-19-9-13-27-60(50)72/h1-40H. The van der Waals surface area contributed by atoms with Crippen molar-refractivity contribution in [2.45, 2.75) is 0 Å². The summed E-state index contributed by atoms with van der Waals surface area (Å²) in [5.74, 6) is 3.03. The van der Waals surface area contributed by atoms with Gasteiger partial charge in [0.05, 0.1) is 33.7 Å². The third-order valence-corrected chi connectivity index (χ3v) is 15.8. The topological polar surface area (TPSA) is 52.1 Å². The number of hydrogen-bond donors (Lipinski definition) is 0. The van der Waals surface area contributed by atoms with Gasteiger partial charge in [-0.05, 0) is 133 Å². The molecular formula is C69H40BN3O2. The van der Waals surface area contributed by atoms with Crippen molar-refractivity contribution < 1.29 is 9.47 Å². The summed E-state index contributed by atoms with van der Waals surface area (Å²) in [6, 6.07) is 88.9. The normalized spacial score (nSPS) is 12.4. The highest BCUT2D eigenvalue weighted by Crippen LogP contribution is 2.46. The lowest BCUT2D eigenvalue weighted by atomic mass is 9.35. The van der Waals surface area contributed by atoms with Gasteiger partial charge < -0.3 is 18.6 Å². The highest BCUT2D eigenvalue weighted by molar-refractivity contribution is 6.98. The van der Waals surface area contributed by atoms with Gasteiger partial charge in [0.2, 0.25) is 0 Å². The van der Waals surface area contributed by atoms with E-state index in [0.717, 1.165) is 122 Å². The average Bonchev–Trinajstić information content (AvgIpc) is 3.99. The van der Waals surface area contributed by atoms with Crippen LogP contribution in [-0.4, -0.2) is 15.8 Å². The van der Waals surface area contributed by atoms with Gasteiger partial charge in [-0.25, -0.2) is 0 Å². The lowest BCUT2D eigenvalue weighted by Crippen LogP contribution is -2.57. The Kier molecular flexibility index (Phi) is 8.83. The largest absolute Gasteiger partial charge is 0.458 e. The summed E-state index contributed by atoms with van der Waals surface area (Å²) in [5, 5.41) is 20.2. The molecule has 2 aromatic heterocycles. The van der Waals surface area contributed by atoms with Gasteiger partial charge in [-0.3, -0.25) is 0 Å². The van der Waals surface area contributed by atoms with E-state index in [1.54, 1.807) is 0 Å². The Balaban J connectivity index is 0.911. The molecule has 0 unspecified atom stereocenters. The van der Waals surface area contributed by atoms with Gasteiger partial charge in [0.25, 0.3) is 6.71 Å². The molecule has 12 aromatic carbocycles. The highest BCUT2D eigenvalue weighted by atomic mass is 16.5. The molecule has 6 heteroatoms. The summed E-state index contributed by atoms with van der Waals surface area (Å²) in [7, 11) is 0. The Morgan fingerprint density at radius 2 is 0.693 bits per heavy atom. The second-order valence-corrected chi connectivity index (χ2v) is 19.8. The highest BCUT2D eigenvalue weighted by Gasteiger charge is 2.41. The van der Waals surface area contributed by atoms with E-state index in [4.69, 9.17) is 9.47 Å². The number of rotatable bonds is 5. The summed E-state index contributed by atoms with van der Waals surface area (Å²) in [6.07, 6.45) is 0. The minimum Gasteiger partial charge on any atom is -0.458 e. The Bertz CT molecular complexity index is 4460. The number of ether oxygens (including phenoxy) is 2. The molecule has 14 aromatic rings. The SMILES string of the molecule is N#Cc1cc(-c2cc3c4c(c2)Oc2cc(-n5c6ccccc6c6ccccc65)ccc2B4c2ccc(-n4c5ccccc5c5ccccc54)cc2O3)cc(-c2c3ccccc3c(-c3ccccc3)c3ccccc23)c1. The number of fused-ring (bicyclic) bond motifs is 12. The van der Waals surface area contributed by atoms with Gasteiger partial charge in [0, 0.05) is 50.5 Å². The van der Waals surface area contributed by atoms with Gasteiger partial charge >= 0.3 is 0 Å². The first-order valence-corrected chi connectivity index (χ1v) is 25.5. The zero-order chi connectivity index (χ0) is 49.3. The molecule has 0 radical (unpaired) electrons. The Labute approximate surface area is 432 Å². The van der Waals surface area contributed by atoms with Crippen molar-refractivity contribution in [2.75, 3.05) is 0 Å². The van der Waals surface area contributed by atoms with E-state index in [2.05, 4.69) is 246 Å². The molecule has 16 rings (SSSR count). The van der Waals surface area contributed by atoms with Gasteiger partial charge in [-0.15, -0.1) is 0 Å². The predicted octanol–water partition coefficient (Wildman–Crippen LogP) is 15.8. The van der Waals surface area contributed by atoms with Crippen LogP contribution in [0.1, 0.15) is 5.56 Å². The van der Waals surface area contributed by atoms with Crippen molar-refractivity contribution in [2.24, 2.45) is 0 Å². The van der Waals surface area contributed by atoms with Crippen LogP contribution in [0.3, 0.4) is 0 Å². The van der Waals surface area contributed by atoms with Crippen molar-refractivity contribution in [1.82, 2.24) is 9.13 Å². The second-order valence-electron chi connectivity index (χ2n) is 19.8. The van der Waals surface area contributed by atoms with E-state index in [0.29, 0.717) is 5.56 Å². The van der Waals surface area contributed by atoms with E-state index in [1.807, 2.05) is 12.1 Å². The Morgan fingerprint density at radius 3 is 1.13 bits per heavy atom. The van der Waals surface area contributed by atoms with Crippen molar-refractivity contribution in [3.63, 3.8) is 0 Å². The molecule has 0 saturated carbocycles. The maximum Gasteiger partial charge on any atom is 0.260 e. The third-order valence-electron chi connectivity index (χ3n) is 15.8. The van der Waals surface area contributed by atoms with Crippen molar-refractivity contribution >= 4 is 88.3 Å². The quantitative estimate of drug-likeness (QED) is 0.128. The Hall–Kier alpha value is -10.1. The molecule has 0 bridgehead atoms. The first-order valence-electron chi connectivity index (χ1n) is 25.5. The molecule has 0 saturated heterocycles. The molecule has 0 atom stereocenters. The molecule has 0 fully saturated rings. The van der Waals surface area contributed by atoms with Gasteiger partial charge in [-0.1, -0.05) is 164 Å². The zero-order valence-electron chi connectivity index (χ0n) is 40.3. The number of nitrogens with zero attached hydrogens (tertiary/aromatic N) is 3. The lowest BCUT2D eigenvalue weighted by Gasteiger charge is -2.34. The average molecular weight is 954 g/mol. The van der Waals surface area contributed by atoms with E-state index >= 15 is 0 Å². The molecule has 0 N–H and O–H groups in total. The third kappa shape index (κ3) is 6.13. The van der Waals surface area contributed by atoms with Crippen LogP contribution in [0.4, 0.5) is 0 Å². The number of para-hydroxylation sites is 4. The van der Waals surface area contributed by atoms with Crippen LogP contribution in [0.25, 0.3) is 110 Å². The molecule has 2 aliphatic rings. The summed E-state index contributed by atoms with van der Waals surface area (Å²) in [4.78, 5) is 0. The van der Waals surface area contributed by atoms with E-state index in [-0.39, 0.29) is 6.71 Å². The van der Waals surface area contributed by atoms with Crippen LogP contribution in [0, 0.1) is 11.3 Å². The monoisotopic (exact) mass is 953 g/mol. The maximum atomic E-state index is 10.8. The predicted molar refractivity (Wildman–Crippen MR) is 309 cm³/mol. The van der Waals surface area contributed by atoms with E-state index in [9.17, 15) is 5.26 Å². The molecule has 0 amide bonds. The first-order chi connectivity index (χ1) is 37.1. The second kappa shape index (κ2) is 16.0. The zero-order valence-corrected chi connectivity index (χ0v) is 40.3. The van der Waals surface area contributed by atoms with Crippen LogP contribution >= 0.6 is 0 Å². The van der Waals surface area contributed by atoms with Crippen LogP contribution in [-0.2, 0) is 0 Å². The first kappa shape index (κ1) is 41.5. The van der Waals surface area contributed by atoms with Crippen LogP contribution in [0.2, 0.25) is 0 Å². The summed E-state index contributed by atoms with van der Waals surface area (Å²) in [5.41, 5.74) is 16.5. The fourth-order valence-electron chi connectivity index (χ4n) is 12.7. The molecular weight excluding hydrogens is 914 g/mol. The molecule has 4 heterocycles. The molecule has 346 valence electrons. The number of benzene rings is 12. The van der Waals surface area contributed by atoms with E-state index < -0.39 is 0 Å². The van der Waals surface area contributed by atoms with Gasteiger partial charge in [0.1, 0.15) is 23.0 Å². The van der Waals surface area contributed by atoms with E-state index in [1.165, 1.54) is 27.1 Å². The van der Waals surface area contributed by atoms with Gasteiger partial charge in [0.15, 0.2) is 0 Å². The van der Waals surface area contributed by atoms with Crippen LogP contribution < -0.4 is 25.9 Å². The van der Waals surface area contributed by atoms with Gasteiger partial charge in [-0.2, -0.15) is 5.26 Å². The fraction of sp³-hybridized carbons (Fsp3) is 0. The van der Waals surface area contributed by atoms with Crippen molar-refractivity contribution in [1.29, 1.82) is 5.26 Å². The fourth-order valence-corrected chi connectivity index (χ4v) is 12.7. The van der Waals surface area contributed by atoms with Crippen molar-refractivity contribution in [3.8, 4) is 73.8 Å². The minimum atomic E-state index is -0.183. The molecule has 5 nitrogen and oxygen atoms in total. The Morgan fingerprint density at radius 1 is 0.320 bits per heavy atom. The molecule has 2 aliphatic heterocycles. The molecule has 0 aliphatic carbocycles. The lowest BCUT2D eigenvalue weighted by molar-refractivity contribution is 0.464. The summed E-state index contributed by atoms with van der Waals surface area (Å²) < 4.78 is 19.1. The minimum absolute atomic E-state index is 0.183. The number of aromatic nitrogens is 2. The summed E-state index contributed by atoms with van der Waals surface area (Å²) in [6.45, 7) is -0.183.